The Hall–Kier alpha value is -3.18. The Morgan fingerprint density at radius 1 is 1.16 bits per heavy atom. The van der Waals surface area contributed by atoms with Crippen molar-refractivity contribution in [3.63, 3.8) is 0 Å². The summed E-state index contributed by atoms with van der Waals surface area (Å²) in [7, 11) is 0. The second-order valence-electron chi connectivity index (χ2n) is 6.80. The first-order valence-corrected chi connectivity index (χ1v) is 10.9. The van der Waals surface area contributed by atoms with Crippen molar-refractivity contribution in [2.24, 2.45) is 5.73 Å². The summed E-state index contributed by atoms with van der Waals surface area (Å²) in [5.74, 6) is -0.376. The van der Waals surface area contributed by atoms with Crippen molar-refractivity contribution < 1.29 is 9.59 Å². The van der Waals surface area contributed by atoms with Crippen LogP contribution in [0.1, 0.15) is 37.6 Å². The van der Waals surface area contributed by atoms with Crippen molar-refractivity contribution in [1.29, 1.82) is 5.26 Å². The molecule has 2 aromatic carbocycles. The second-order valence-corrected chi connectivity index (χ2v) is 8.15. The van der Waals surface area contributed by atoms with E-state index in [1.807, 2.05) is 17.5 Å². The number of anilines is 1. The lowest BCUT2D eigenvalue weighted by molar-refractivity contribution is 0.0742. The number of nitrogens with two attached hydrogens (primary N) is 1. The van der Waals surface area contributed by atoms with E-state index in [-0.39, 0.29) is 18.4 Å². The molecule has 2 amide bonds. The van der Waals surface area contributed by atoms with Gasteiger partial charge >= 0.3 is 0 Å². The van der Waals surface area contributed by atoms with Crippen LogP contribution in [0, 0.1) is 11.3 Å². The van der Waals surface area contributed by atoms with Gasteiger partial charge in [0.25, 0.3) is 11.8 Å². The number of rotatable bonds is 8. The predicted molar refractivity (Wildman–Crippen MR) is 123 cm³/mol. The maximum atomic E-state index is 13.1. The summed E-state index contributed by atoms with van der Waals surface area (Å²) < 4.78 is 0. The number of hydrogen-bond donors (Lipinski definition) is 2. The van der Waals surface area contributed by atoms with E-state index >= 15 is 0 Å². The summed E-state index contributed by atoms with van der Waals surface area (Å²) in [5.41, 5.74) is 7.94. The molecular weight excluding hydrogens is 432 g/mol. The van der Waals surface area contributed by atoms with Crippen molar-refractivity contribution in [3.05, 3.63) is 86.6 Å². The standard InChI is InChI=1S/C23H21ClN4O2S/c24-20-9-8-19(27-22(29)21-3-1-12-31-21)13-18(20)15-28(11-2-10-25)23(30)17-6-4-16(14-26)5-7-17/h1,3-9,12-13H,2,10-11,15,25H2,(H,27,29). The van der Waals surface area contributed by atoms with Crippen LogP contribution >= 0.6 is 22.9 Å². The van der Waals surface area contributed by atoms with Gasteiger partial charge in [-0.15, -0.1) is 11.3 Å². The summed E-state index contributed by atoms with van der Waals surface area (Å²) in [6, 6.07) is 17.3. The van der Waals surface area contributed by atoms with E-state index < -0.39 is 0 Å². The molecule has 6 nitrogen and oxygen atoms in total. The first-order chi connectivity index (χ1) is 15.0. The molecule has 158 valence electrons. The Morgan fingerprint density at radius 2 is 1.94 bits per heavy atom. The minimum atomic E-state index is -0.197. The number of benzene rings is 2. The van der Waals surface area contributed by atoms with Crippen molar-refractivity contribution in [2.75, 3.05) is 18.4 Å². The highest BCUT2D eigenvalue weighted by molar-refractivity contribution is 7.12. The number of hydrogen-bond acceptors (Lipinski definition) is 5. The maximum absolute atomic E-state index is 13.1. The molecule has 3 rings (SSSR count). The first kappa shape index (κ1) is 22.5. The molecular formula is C23H21ClN4O2S. The van der Waals surface area contributed by atoms with Crippen molar-refractivity contribution in [1.82, 2.24) is 4.90 Å². The fourth-order valence-corrected chi connectivity index (χ4v) is 3.78. The summed E-state index contributed by atoms with van der Waals surface area (Å²) in [5, 5.41) is 14.2. The van der Waals surface area contributed by atoms with Crippen LogP contribution in [-0.4, -0.2) is 29.8 Å². The van der Waals surface area contributed by atoms with Gasteiger partial charge in [0.05, 0.1) is 16.5 Å². The third-order valence-electron chi connectivity index (χ3n) is 4.59. The van der Waals surface area contributed by atoms with Crippen LogP contribution in [0.2, 0.25) is 5.02 Å². The molecule has 0 spiro atoms. The topological polar surface area (TPSA) is 99.2 Å². The van der Waals surface area contributed by atoms with Crippen LogP contribution in [0.25, 0.3) is 0 Å². The van der Waals surface area contributed by atoms with Crippen LogP contribution < -0.4 is 11.1 Å². The molecule has 31 heavy (non-hydrogen) atoms. The maximum Gasteiger partial charge on any atom is 0.265 e. The van der Waals surface area contributed by atoms with E-state index in [1.54, 1.807) is 53.4 Å². The summed E-state index contributed by atoms with van der Waals surface area (Å²) in [4.78, 5) is 27.7. The quantitative estimate of drug-likeness (QED) is 0.525. The Balaban J connectivity index is 1.80. The van der Waals surface area contributed by atoms with Gasteiger partial charge in [0.2, 0.25) is 0 Å². The average molecular weight is 453 g/mol. The van der Waals surface area contributed by atoms with E-state index in [4.69, 9.17) is 22.6 Å². The largest absolute Gasteiger partial charge is 0.334 e. The SMILES string of the molecule is N#Cc1ccc(C(=O)N(CCCN)Cc2cc(NC(=O)c3cccs3)ccc2Cl)cc1. The van der Waals surface area contributed by atoms with E-state index in [9.17, 15) is 9.59 Å². The van der Waals surface area contributed by atoms with Crippen molar-refractivity contribution in [2.45, 2.75) is 13.0 Å². The smallest absolute Gasteiger partial charge is 0.265 e. The van der Waals surface area contributed by atoms with E-state index in [1.165, 1.54) is 11.3 Å². The van der Waals surface area contributed by atoms with Gasteiger partial charge in [0, 0.05) is 29.4 Å². The van der Waals surface area contributed by atoms with Crippen LogP contribution in [0.3, 0.4) is 0 Å². The Kier molecular flexibility index (Phi) is 7.79. The van der Waals surface area contributed by atoms with Gasteiger partial charge in [-0.05, 0) is 72.4 Å². The molecule has 0 unspecified atom stereocenters. The third kappa shape index (κ3) is 5.92. The van der Waals surface area contributed by atoms with Crippen LogP contribution in [0.15, 0.2) is 60.0 Å². The van der Waals surface area contributed by atoms with E-state index in [0.29, 0.717) is 51.8 Å². The number of nitrogens with one attached hydrogen (secondary N) is 1. The van der Waals surface area contributed by atoms with E-state index in [2.05, 4.69) is 5.32 Å². The van der Waals surface area contributed by atoms with Gasteiger partial charge in [-0.1, -0.05) is 17.7 Å². The first-order valence-electron chi connectivity index (χ1n) is 9.64. The molecule has 0 bridgehead atoms. The molecule has 3 N–H and O–H groups in total. The van der Waals surface area contributed by atoms with Gasteiger partial charge < -0.3 is 16.0 Å². The number of halogens is 1. The molecule has 3 aromatic rings. The van der Waals surface area contributed by atoms with Gasteiger partial charge in [-0.3, -0.25) is 9.59 Å². The van der Waals surface area contributed by atoms with E-state index in [0.717, 1.165) is 0 Å². The number of amides is 2. The lowest BCUT2D eigenvalue weighted by atomic mass is 10.1. The zero-order valence-electron chi connectivity index (χ0n) is 16.7. The predicted octanol–water partition coefficient (Wildman–Crippen LogP) is 4.52. The highest BCUT2D eigenvalue weighted by atomic mass is 35.5. The molecule has 0 saturated carbocycles. The molecule has 0 saturated heterocycles. The van der Waals surface area contributed by atoms with Crippen LogP contribution in [-0.2, 0) is 6.54 Å². The fourth-order valence-electron chi connectivity index (χ4n) is 2.98. The number of carbonyl (C=O) groups excluding carboxylic acids is 2. The third-order valence-corrected chi connectivity index (χ3v) is 5.83. The van der Waals surface area contributed by atoms with Crippen LogP contribution in [0.5, 0.6) is 0 Å². The van der Waals surface area contributed by atoms with Gasteiger partial charge in [-0.25, -0.2) is 0 Å². The highest BCUT2D eigenvalue weighted by Gasteiger charge is 2.18. The lowest BCUT2D eigenvalue weighted by Crippen LogP contribution is -2.32. The zero-order chi connectivity index (χ0) is 22.2. The highest BCUT2D eigenvalue weighted by Crippen LogP contribution is 2.24. The molecule has 0 atom stereocenters. The number of thiophene rings is 1. The van der Waals surface area contributed by atoms with Gasteiger partial charge in [0.1, 0.15) is 0 Å². The number of nitrogens with zero attached hydrogens (tertiary/aromatic N) is 2. The zero-order valence-corrected chi connectivity index (χ0v) is 18.2. The van der Waals surface area contributed by atoms with Gasteiger partial charge in [0.15, 0.2) is 0 Å². The molecule has 0 aliphatic carbocycles. The fraction of sp³-hybridized carbons (Fsp3) is 0.174. The van der Waals surface area contributed by atoms with Crippen molar-refractivity contribution in [3.8, 4) is 6.07 Å². The minimum Gasteiger partial charge on any atom is -0.334 e. The Labute approximate surface area is 189 Å². The number of nitriles is 1. The molecule has 0 aliphatic rings. The second kappa shape index (κ2) is 10.7. The van der Waals surface area contributed by atoms with Gasteiger partial charge in [-0.2, -0.15) is 5.26 Å². The van der Waals surface area contributed by atoms with Crippen LogP contribution in [0.4, 0.5) is 5.69 Å². The lowest BCUT2D eigenvalue weighted by Gasteiger charge is -2.24. The molecule has 1 heterocycles. The monoisotopic (exact) mass is 452 g/mol. The normalized spacial score (nSPS) is 10.4. The molecule has 0 radical (unpaired) electrons. The average Bonchev–Trinajstić information content (AvgIpc) is 3.33. The minimum absolute atomic E-state index is 0.179. The summed E-state index contributed by atoms with van der Waals surface area (Å²) >= 11 is 7.75. The molecule has 1 aromatic heterocycles. The molecule has 0 aliphatic heterocycles. The molecule has 0 fully saturated rings. The molecule has 8 heteroatoms. The number of carbonyl (C=O) groups is 2. The van der Waals surface area contributed by atoms with Crippen molar-refractivity contribution >= 4 is 40.4 Å². The Bertz CT molecular complexity index is 1090. The summed E-state index contributed by atoms with van der Waals surface area (Å²) in [6.07, 6.45) is 0.633. The summed E-state index contributed by atoms with van der Waals surface area (Å²) in [6.45, 7) is 1.17. The Morgan fingerprint density at radius 3 is 2.58 bits per heavy atom.